The second-order valence-electron chi connectivity index (χ2n) is 11.2. The molecule has 4 rings (SSSR count). The van der Waals surface area contributed by atoms with E-state index in [0.29, 0.717) is 18.9 Å². The maximum absolute atomic E-state index is 13.7. The quantitative estimate of drug-likeness (QED) is 0.448. The van der Waals surface area contributed by atoms with Crippen LogP contribution in [0.5, 0.6) is 0 Å². The highest BCUT2D eigenvalue weighted by Gasteiger charge is 2.27. The van der Waals surface area contributed by atoms with Crippen LogP contribution < -0.4 is 4.90 Å². The molecule has 0 aromatic heterocycles. The van der Waals surface area contributed by atoms with Crippen molar-refractivity contribution in [2.75, 3.05) is 57.9 Å². The van der Waals surface area contributed by atoms with E-state index in [2.05, 4.69) is 53.8 Å². The molecule has 6 heteroatoms. The molecule has 37 heavy (non-hydrogen) atoms. The normalized spacial score (nSPS) is 22.1. The van der Waals surface area contributed by atoms with E-state index in [1.807, 2.05) is 13.8 Å². The lowest BCUT2D eigenvalue weighted by Crippen LogP contribution is -2.44. The average Bonchev–Trinajstić information content (AvgIpc) is 2.87. The minimum atomic E-state index is -0.185. The third kappa shape index (κ3) is 6.78. The highest BCUT2D eigenvalue weighted by atomic mass is 16.5. The van der Waals surface area contributed by atoms with Gasteiger partial charge >= 0.3 is 0 Å². The maximum atomic E-state index is 13.7. The summed E-state index contributed by atoms with van der Waals surface area (Å²) in [7, 11) is 2.18. The molecule has 2 heterocycles. The summed E-state index contributed by atoms with van der Waals surface area (Å²) in [6.45, 7) is 15.9. The van der Waals surface area contributed by atoms with Gasteiger partial charge in [0.15, 0.2) is 11.6 Å². The van der Waals surface area contributed by atoms with Crippen LogP contribution in [0.2, 0.25) is 0 Å². The van der Waals surface area contributed by atoms with Crippen molar-refractivity contribution in [2.24, 2.45) is 5.92 Å². The van der Waals surface area contributed by atoms with Crippen LogP contribution in [-0.4, -0.2) is 80.4 Å². The average molecular weight is 508 g/mol. The number of allylic oxidation sites excluding steroid dienone is 4. The van der Waals surface area contributed by atoms with E-state index in [0.717, 1.165) is 87.6 Å². The molecule has 0 radical (unpaired) electrons. The van der Waals surface area contributed by atoms with Crippen molar-refractivity contribution in [3.05, 3.63) is 52.1 Å². The van der Waals surface area contributed by atoms with E-state index in [1.165, 1.54) is 11.3 Å². The molecule has 2 saturated heterocycles. The van der Waals surface area contributed by atoms with Gasteiger partial charge in [0.2, 0.25) is 0 Å². The van der Waals surface area contributed by atoms with E-state index < -0.39 is 0 Å². The third-order valence-electron chi connectivity index (χ3n) is 8.40. The standard InChI is InChI=1S/C31H45N3O3/c1-6-34(26-9-15-37-16-10-26)29-20-25(21-33-13-11-32(5)12-14-33)19-28(24(29)4)30(35)8-7-27-23(3)17-22(2)18-31(27)36/h17-20,26-27H,6-16,21H2,1-5H3. The van der Waals surface area contributed by atoms with Gasteiger partial charge in [-0.1, -0.05) is 11.6 Å². The van der Waals surface area contributed by atoms with Gasteiger partial charge in [0.1, 0.15) is 0 Å². The van der Waals surface area contributed by atoms with Crippen molar-refractivity contribution >= 4 is 17.3 Å². The molecule has 0 bridgehead atoms. The second-order valence-corrected chi connectivity index (χ2v) is 11.2. The summed E-state index contributed by atoms with van der Waals surface area (Å²) < 4.78 is 5.64. The van der Waals surface area contributed by atoms with Gasteiger partial charge in [-0.3, -0.25) is 14.5 Å². The van der Waals surface area contributed by atoms with Crippen LogP contribution in [0.3, 0.4) is 0 Å². The van der Waals surface area contributed by atoms with Crippen LogP contribution in [0, 0.1) is 12.8 Å². The first-order valence-electron chi connectivity index (χ1n) is 14.1. The number of ether oxygens (including phenoxy) is 1. The number of Topliss-reactive ketones (excluding diaryl/α,β-unsaturated/α-hetero) is 1. The smallest absolute Gasteiger partial charge is 0.163 e. The molecule has 0 saturated carbocycles. The highest BCUT2D eigenvalue weighted by molar-refractivity contribution is 6.00. The van der Waals surface area contributed by atoms with Gasteiger partial charge in [0.05, 0.1) is 0 Å². The predicted octanol–water partition coefficient (Wildman–Crippen LogP) is 4.80. The van der Waals surface area contributed by atoms with Gasteiger partial charge in [-0.05, 0) is 88.9 Å². The van der Waals surface area contributed by atoms with Crippen molar-refractivity contribution < 1.29 is 14.3 Å². The predicted molar refractivity (Wildman–Crippen MR) is 150 cm³/mol. The Kier molecular flexibility index (Phi) is 9.38. The molecule has 0 amide bonds. The van der Waals surface area contributed by atoms with Crippen LogP contribution in [-0.2, 0) is 16.1 Å². The molecule has 1 unspecified atom stereocenters. The number of carbonyl (C=O) groups excluding carboxylic acids is 2. The van der Waals surface area contributed by atoms with Gasteiger partial charge in [-0.25, -0.2) is 0 Å². The van der Waals surface area contributed by atoms with E-state index in [-0.39, 0.29) is 17.5 Å². The summed E-state index contributed by atoms with van der Waals surface area (Å²) in [5.74, 6) is 0.0902. The SMILES string of the molecule is CCN(c1cc(CN2CCN(C)CC2)cc(C(=O)CCC2C(=O)C=C(C)C=C2C)c1C)C1CCOCC1. The monoisotopic (exact) mass is 507 g/mol. The Hall–Kier alpha value is -2.28. The molecule has 1 aromatic rings. The number of hydrogen-bond acceptors (Lipinski definition) is 6. The number of rotatable bonds is 9. The zero-order chi connectivity index (χ0) is 26.5. The van der Waals surface area contributed by atoms with Gasteiger partial charge in [-0.15, -0.1) is 0 Å². The molecule has 0 N–H and O–H groups in total. The van der Waals surface area contributed by atoms with Crippen molar-refractivity contribution in [2.45, 2.75) is 66.0 Å². The molecule has 2 aliphatic heterocycles. The van der Waals surface area contributed by atoms with Gasteiger partial charge in [0, 0.05) is 82.1 Å². The number of nitrogens with zero attached hydrogens (tertiary/aromatic N) is 3. The summed E-state index contributed by atoms with van der Waals surface area (Å²) in [5, 5.41) is 0. The molecule has 6 nitrogen and oxygen atoms in total. The Morgan fingerprint density at radius 1 is 1.05 bits per heavy atom. The van der Waals surface area contributed by atoms with Gasteiger partial charge in [0.25, 0.3) is 0 Å². The number of likely N-dealkylation sites (N-methyl/N-ethyl adjacent to an activating group) is 1. The molecule has 2 fully saturated rings. The van der Waals surface area contributed by atoms with Crippen LogP contribution in [0.15, 0.2) is 35.4 Å². The molecular formula is C31H45N3O3. The molecule has 0 spiro atoms. The zero-order valence-corrected chi connectivity index (χ0v) is 23.5. The van der Waals surface area contributed by atoms with E-state index in [4.69, 9.17) is 4.74 Å². The molecule has 3 aliphatic rings. The van der Waals surface area contributed by atoms with Crippen LogP contribution in [0.4, 0.5) is 5.69 Å². The summed E-state index contributed by atoms with van der Waals surface area (Å²) in [6, 6.07) is 4.89. The summed E-state index contributed by atoms with van der Waals surface area (Å²) in [6.07, 6.45) is 6.77. The Balaban J connectivity index is 1.60. The Morgan fingerprint density at radius 3 is 2.41 bits per heavy atom. The molecular weight excluding hydrogens is 462 g/mol. The summed E-state index contributed by atoms with van der Waals surface area (Å²) in [5.41, 5.74) is 6.35. The highest BCUT2D eigenvalue weighted by Crippen LogP contribution is 2.32. The summed E-state index contributed by atoms with van der Waals surface area (Å²) in [4.78, 5) is 33.7. The topological polar surface area (TPSA) is 53.1 Å². The van der Waals surface area contributed by atoms with Crippen LogP contribution in [0.1, 0.15) is 67.9 Å². The molecule has 1 aliphatic carbocycles. The Bertz CT molecular complexity index is 1050. The van der Waals surface area contributed by atoms with E-state index >= 15 is 0 Å². The maximum Gasteiger partial charge on any atom is 0.163 e. The second kappa shape index (κ2) is 12.5. The molecule has 1 aromatic carbocycles. The third-order valence-corrected chi connectivity index (χ3v) is 8.40. The number of piperazine rings is 1. The fraction of sp³-hybridized carbons (Fsp3) is 0.613. The van der Waals surface area contributed by atoms with Crippen LogP contribution in [0.25, 0.3) is 0 Å². The van der Waals surface area contributed by atoms with Gasteiger partial charge < -0.3 is 14.5 Å². The molecule has 1 atom stereocenters. The number of hydrogen-bond donors (Lipinski definition) is 0. The lowest BCUT2D eigenvalue weighted by Gasteiger charge is -2.37. The van der Waals surface area contributed by atoms with Crippen molar-refractivity contribution in [3.63, 3.8) is 0 Å². The lowest BCUT2D eigenvalue weighted by atomic mass is 9.84. The number of anilines is 1. The Labute approximate surface area is 223 Å². The first kappa shape index (κ1) is 27.7. The van der Waals surface area contributed by atoms with E-state index in [9.17, 15) is 9.59 Å². The largest absolute Gasteiger partial charge is 0.381 e. The molecule has 202 valence electrons. The number of carbonyl (C=O) groups is 2. The summed E-state index contributed by atoms with van der Waals surface area (Å²) >= 11 is 0. The van der Waals surface area contributed by atoms with Crippen molar-refractivity contribution in [1.29, 1.82) is 0 Å². The van der Waals surface area contributed by atoms with Crippen molar-refractivity contribution in [1.82, 2.24) is 9.80 Å². The number of ketones is 2. The minimum Gasteiger partial charge on any atom is -0.381 e. The minimum absolute atomic E-state index is 0.128. The van der Waals surface area contributed by atoms with Gasteiger partial charge in [-0.2, -0.15) is 0 Å². The fourth-order valence-corrected chi connectivity index (χ4v) is 6.15. The fourth-order valence-electron chi connectivity index (χ4n) is 6.15. The lowest BCUT2D eigenvalue weighted by molar-refractivity contribution is -0.117. The number of benzene rings is 1. The van der Waals surface area contributed by atoms with Crippen molar-refractivity contribution in [3.8, 4) is 0 Å². The zero-order valence-electron chi connectivity index (χ0n) is 23.5. The Morgan fingerprint density at radius 2 is 1.76 bits per heavy atom. The first-order valence-corrected chi connectivity index (χ1v) is 14.1. The van der Waals surface area contributed by atoms with E-state index in [1.54, 1.807) is 6.08 Å². The first-order chi connectivity index (χ1) is 17.8. The van der Waals surface area contributed by atoms with Crippen LogP contribution >= 0.6 is 0 Å².